The third kappa shape index (κ3) is 3.82. The molecule has 1 aliphatic heterocycles. The molecule has 1 aliphatic rings. The molecule has 2 aromatic heterocycles. The summed E-state index contributed by atoms with van der Waals surface area (Å²) in [5.41, 5.74) is 0. The van der Waals surface area contributed by atoms with E-state index in [9.17, 15) is 0 Å². The van der Waals surface area contributed by atoms with Gasteiger partial charge in [0.25, 0.3) is 0 Å². The molecule has 0 saturated carbocycles. The van der Waals surface area contributed by atoms with E-state index < -0.39 is 0 Å². The Bertz CT molecular complexity index is 564. The van der Waals surface area contributed by atoms with Gasteiger partial charge in [-0.1, -0.05) is 11.6 Å². The van der Waals surface area contributed by atoms with Crippen molar-refractivity contribution in [1.82, 2.24) is 15.0 Å². The molecule has 3 heterocycles. The summed E-state index contributed by atoms with van der Waals surface area (Å²) in [4.78, 5) is 14.8. The van der Waals surface area contributed by atoms with Crippen LogP contribution in [0.15, 0.2) is 36.9 Å². The van der Waals surface area contributed by atoms with Crippen LogP contribution in [0.1, 0.15) is 12.8 Å². The first-order valence-electron chi connectivity index (χ1n) is 7.06. The van der Waals surface area contributed by atoms with Crippen LogP contribution in [0.2, 0.25) is 5.02 Å². The molecule has 0 spiro atoms. The molecule has 0 radical (unpaired) electrons. The highest BCUT2D eigenvalue weighted by Gasteiger charge is 2.22. The molecular weight excluding hydrogens is 288 g/mol. The van der Waals surface area contributed by atoms with Gasteiger partial charge >= 0.3 is 0 Å². The Morgan fingerprint density at radius 2 is 2.00 bits per heavy atom. The molecule has 1 saturated heterocycles. The number of anilines is 1. The Labute approximate surface area is 129 Å². The van der Waals surface area contributed by atoms with E-state index >= 15 is 0 Å². The van der Waals surface area contributed by atoms with Crippen molar-refractivity contribution in [2.24, 2.45) is 5.92 Å². The van der Waals surface area contributed by atoms with Gasteiger partial charge in [0.05, 0.1) is 24.0 Å². The van der Waals surface area contributed by atoms with Crippen molar-refractivity contribution < 1.29 is 4.74 Å². The second-order valence-electron chi connectivity index (χ2n) is 5.15. The standard InChI is InChI=1S/C15H17ClN4O/c16-13-8-18-15(19-9-13)20-7-1-2-12(10-20)11-21-14-3-5-17-6-4-14/h3-6,8-9,12H,1-2,7,10-11H2. The molecule has 0 aliphatic carbocycles. The second kappa shape index (κ2) is 6.72. The number of halogens is 1. The molecule has 0 bridgehead atoms. The fourth-order valence-electron chi connectivity index (χ4n) is 2.50. The maximum atomic E-state index is 5.83. The molecule has 1 atom stereocenters. The van der Waals surface area contributed by atoms with Gasteiger partial charge in [0.15, 0.2) is 0 Å². The average molecular weight is 305 g/mol. The van der Waals surface area contributed by atoms with Crippen LogP contribution in [0.5, 0.6) is 5.75 Å². The zero-order valence-electron chi connectivity index (χ0n) is 11.7. The van der Waals surface area contributed by atoms with Gasteiger partial charge in [-0.05, 0) is 25.0 Å². The van der Waals surface area contributed by atoms with Gasteiger partial charge in [-0.2, -0.15) is 0 Å². The Morgan fingerprint density at radius 1 is 1.24 bits per heavy atom. The fraction of sp³-hybridized carbons (Fsp3) is 0.400. The SMILES string of the molecule is Clc1cnc(N2CCCC(COc3ccncc3)C2)nc1. The zero-order chi connectivity index (χ0) is 14.5. The van der Waals surface area contributed by atoms with Gasteiger partial charge in [-0.3, -0.25) is 4.98 Å². The predicted molar refractivity (Wildman–Crippen MR) is 81.7 cm³/mol. The lowest BCUT2D eigenvalue weighted by Gasteiger charge is -2.32. The average Bonchev–Trinajstić information content (AvgIpc) is 2.55. The minimum absolute atomic E-state index is 0.478. The normalized spacial score (nSPS) is 18.5. The van der Waals surface area contributed by atoms with Crippen LogP contribution < -0.4 is 9.64 Å². The van der Waals surface area contributed by atoms with Crippen LogP contribution in [0.4, 0.5) is 5.95 Å². The number of rotatable bonds is 4. The molecule has 5 nitrogen and oxygen atoms in total. The van der Waals surface area contributed by atoms with Gasteiger partial charge in [-0.25, -0.2) is 9.97 Å². The molecule has 110 valence electrons. The van der Waals surface area contributed by atoms with Gasteiger partial charge in [0.1, 0.15) is 5.75 Å². The molecular formula is C15H17ClN4O. The minimum Gasteiger partial charge on any atom is -0.493 e. The maximum absolute atomic E-state index is 5.83. The first kappa shape index (κ1) is 14.1. The molecule has 21 heavy (non-hydrogen) atoms. The summed E-state index contributed by atoms with van der Waals surface area (Å²) in [5.74, 6) is 2.09. The van der Waals surface area contributed by atoms with Crippen molar-refractivity contribution in [3.8, 4) is 5.75 Å². The Balaban J connectivity index is 1.57. The molecule has 1 fully saturated rings. The molecule has 3 rings (SSSR count). The number of pyridine rings is 1. The summed E-state index contributed by atoms with van der Waals surface area (Å²) in [5, 5.41) is 0.563. The number of nitrogens with zero attached hydrogens (tertiary/aromatic N) is 4. The lowest BCUT2D eigenvalue weighted by atomic mass is 9.99. The van der Waals surface area contributed by atoms with Gasteiger partial charge in [0, 0.05) is 31.4 Å². The monoisotopic (exact) mass is 304 g/mol. The summed E-state index contributed by atoms with van der Waals surface area (Å²) in [6.45, 7) is 2.59. The van der Waals surface area contributed by atoms with Crippen molar-refractivity contribution in [2.45, 2.75) is 12.8 Å². The van der Waals surface area contributed by atoms with E-state index in [2.05, 4.69) is 19.9 Å². The number of piperidine rings is 1. The lowest BCUT2D eigenvalue weighted by Crippen LogP contribution is -2.38. The third-order valence-corrected chi connectivity index (χ3v) is 3.74. The predicted octanol–water partition coefficient (Wildman–Crippen LogP) is 2.82. The molecule has 2 aromatic rings. The summed E-state index contributed by atoms with van der Waals surface area (Å²) in [6, 6.07) is 3.76. The highest BCUT2D eigenvalue weighted by atomic mass is 35.5. The van der Waals surface area contributed by atoms with Crippen molar-refractivity contribution in [1.29, 1.82) is 0 Å². The van der Waals surface area contributed by atoms with Crippen molar-refractivity contribution in [2.75, 3.05) is 24.6 Å². The van der Waals surface area contributed by atoms with Crippen LogP contribution in [0.25, 0.3) is 0 Å². The van der Waals surface area contributed by atoms with E-state index in [1.807, 2.05) is 12.1 Å². The number of ether oxygens (including phenoxy) is 1. The van der Waals surface area contributed by atoms with E-state index in [-0.39, 0.29) is 0 Å². The van der Waals surface area contributed by atoms with E-state index in [1.54, 1.807) is 24.8 Å². The topological polar surface area (TPSA) is 51.1 Å². The summed E-state index contributed by atoms with van der Waals surface area (Å²) >= 11 is 5.83. The number of aromatic nitrogens is 3. The zero-order valence-corrected chi connectivity index (χ0v) is 12.4. The smallest absolute Gasteiger partial charge is 0.225 e. The summed E-state index contributed by atoms with van der Waals surface area (Å²) in [6.07, 6.45) is 9.04. The van der Waals surface area contributed by atoms with Crippen LogP contribution >= 0.6 is 11.6 Å². The van der Waals surface area contributed by atoms with E-state index in [0.29, 0.717) is 17.5 Å². The maximum Gasteiger partial charge on any atom is 0.225 e. The molecule has 0 aromatic carbocycles. The van der Waals surface area contributed by atoms with Crippen LogP contribution in [0, 0.1) is 5.92 Å². The van der Waals surface area contributed by atoms with Crippen LogP contribution in [-0.4, -0.2) is 34.6 Å². The van der Waals surface area contributed by atoms with E-state index in [4.69, 9.17) is 16.3 Å². The summed E-state index contributed by atoms with van der Waals surface area (Å²) < 4.78 is 5.82. The minimum atomic E-state index is 0.478. The first-order chi connectivity index (χ1) is 10.3. The molecule has 0 amide bonds. The van der Waals surface area contributed by atoms with Crippen molar-refractivity contribution in [3.63, 3.8) is 0 Å². The largest absolute Gasteiger partial charge is 0.493 e. The highest BCUT2D eigenvalue weighted by Crippen LogP contribution is 2.21. The van der Waals surface area contributed by atoms with Gasteiger partial charge in [-0.15, -0.1) is 0 Å². The third-order valence-electron chi connectivity index (χ3n) is 3.54. The quantitative estimate of drug-likeness (QED) is 0.869. The number of hydrogen-bond acceptors (Lipinski definition) is 5. The molecule has 6 heteroatoms. The van der Waals surface area contributed by atoms with Crippen molar-refractivity contribution >= 4 is 17.5 Å². The first-order valence-corrected chi connectivity index (χ1v) is 7.44. The van der Waals surface area contributed by atoms with Crippen LogP contribution in [0.3, 0.4) is 0 Å². The Hall–Kier alpha value is -1.88. The van der Waals surface area contributed by atoms with E-state index in [1.165, 1.54) is 0 Å². The molecule has 0 N–H and O–H groups in total. The van der Waals surface area contributed by atoms with E-state index in [0.717, 1.165) is 37.6 Å². The number of hydrogen-bond donors (Lipinski definition) is 0. The fourth-order valence-corrected chi connectivity index (χ4v) is 2.60. The summed E-state index contributed by atoms with van der Waals surface area (Å²) in [7, 11) is 0. The lowest BCUT2D eigenvalue weighted by molar-refractivity contribution is 0.228. The van der Waals surface area contributed by atoms with Gasteiger partial charge < -0.3 is 9.64 Å². The Morgan fingerprint density at radius 3 is 2.76 bits per heavy atom. The van der Waals surface area contributed by atoms with Crippen LogP contribution in [-0.2, 0) is 0 Å². The van der Waals surface area contributed by atoms with Gasteiger partial charge in [0.2, 0.25) is 5.95 Å². The second-order valence-corrected chi connectivity index (χ2v) is 5.59. The van der Waals surface area contributed by atoms with Crippen molar-refractivity contribution in [3.05, 3.63) is 41.9 Å². The Kier molecular flexibility index (Phi) is 4.50. The highest BCUT2D eigenvalue weighted by molar-refractivity contribution is 6.30. The molecule has 1 unspecified atom stereocenters.